The SMILES string of the molecule is CC1OCCC1Sc1ncc(CCN)cn1. The van der Waals surface area contributed by atoms with E-state index in [2.05, 4.69) is 16.9 Å². The summed E-state index contributed by atoms with van der Waals surface area (Å²) in [6.45, 7) is 3.60. The second-order valence-electron chi connectivity index (χ2n) is 3.93. The molecule has 1 aromatic rings. The van der Waals surface area contributed by atoms with E-state index in [0.29, 0.717) is 17.9 Å². The number of ether oxygens (including phenoxy) is 1. The summed E-state index contributed by atoms with van der Waals surface area (Å²) in [6, 6.07) is 0. The summed E-state index contributed by atoms with van der Waals surface area (Å²) < 4.78 is 5.51. The molecule has 2 rings (SSSR count). The van der Waals surface area contributed by atoms with Crippen LogP contribution < -0.4 is 5.73 Å². The van der Waals surface area contributed by atoms with Gasteiger partial charge in [-0.3, -0.25) is 0 Å². The van der Waals surface area contributed by atoms with Crippen molar-refractivity contribution >= 4 is 11.8 Å². The molecule has 0 saturated carbocycles. The Bertz CT molecular complexity index is 331. The van der Waals surface area contributed by atoms with Gasteiger partial charge in [-0.25, -0.2) is 9.97 Å². The van der Waals surface area contributed by atoms with E-state index in [9.17, 15) is 0 Å². The van der Waals surface area contributed by atoms with Crippen molar-refractivity contribution in [2.24, 2.45) is 5.73 Å². The molecule has 0 bridgehead atoms. The quantitative estimate of drug-likeness (QED) is 0.801. The van der Waals surface area contributed by atoms with E-state index in [1.165, 1.54) is 0 Å². The maximum absolute atomic E-state index is 5.51. The number of nitrogens with two attached hydrogens (primary N) is 1. The fraction of sp³-hybridized carbons (Fsp3) is 0.636. The Morgan fingerprint density at radius 2 is 2.25 bits per heavy atom. The summed E-state index contributed by atoms with van der Waals surface area (Å²) >= 11 is 1.71. The lowest BCUT2D eigenvalue weighted by Gasteiger charge is -2.11. The van der Waals surface area contributed by atoms with Gasteiger partial charge in [-0.15, -0.1) is 0 Å². The first-order valence-corrected chi connectivity index (χ1v) is 6.47. The van der Waals surface area contributed by atoms with Gasteiger partial charge in [0.2, 0.25) is 0 Å². The summed E-state index contributed by atoms with van der Waals surface area (Å²) in [7, 11) is 0. The standard InChI is InChI=1S/C11H17N3OS/c1-8-10(3-5-15-8)16-11-13-6-9(2-4-12)7-14-11/h6-8,10H,2-5,12H2,1H3. The molecule has 0 spiro atoms. The van der Waals surface area contributed by atoms with Gasteiger partial charge in [-0.2, -0.15) is 0 Å². The molecule has 88 valence electrons. The Balaban J connectivity index is 1.94. The Morgan fingerprint density at radius 3 is 2.81 bits per heavy atom. The maximum Gasteiger partial charge on any atom is 0.187 e. The van der Waals surface area contributed by atoms with Gasteiger partial charge in [-0.1, -0.05) is 11.8 Å². The lowest BCUT2D eigenvalue weighted by atomic mass is 10.2. The number of hydrogen-bond acceptors (Lipinski definition) is 5. The molecule has 0 aliphatic carbocycles. The molecule has 0 amide bonds. The molecule has 2 atom stereocenters. The molecule has 0 radical (unpaired) electrons. The first kappa shape index (κ1) is 11.8. The molecule has 0 aromatic carbocycles. The highest BCUT2D eigenvalue weighted by Crippen LogP contribution is 2.30. The molecule has 16 heavy (non-hydrogen) atoms. The van der Waals surface area contributed by atoms with E-state index in [1.807, 2.05) is 12.4 Å². The third-order valence-corrected chi connectivity index (χ3v) is 4.02. The largest absolute Gasteiger partial charge is 0.377 e. The average molecular weight is 239 g/mol. The Labute approximate surface area is 100.0 Å². The second-order valence-corrected chi connectivity index (χ2v) is 5.14. The summed E-state index contributed by atoms with van der Waals surface area (Å²) in [5, 5.41) is 1.32. The van der Waals surface area contributed by atoms with Crippen molar-refractivity contribution < 1.29 is 4.74 Å². The summed E-state index contributed by atoms with van der Waals surface area (Å²) in [5.74, 6) is 0. The van der Waals surface area contributed by atoms with Gasteiger partial charge in [0, 0.05) is 24.3 Å². The van der Waals surface area contributed by atoms with Gasteiger partial charge in [0.1, 0.15) is 0 Å². The van der Waals surface area contributed by atoms with Crippen LogP contribution in [0.25, 0.3) is 0 Å². The van der Waals surface area contributed by atoms with Crippen LogP contribution >= 0.6 is 11.8 Å². The van der Waals surface area contributed by atoms with Crippen LogP contribution in [0.4, 0.5) is 0 Å². The van der Waals surface area contributed by atoms with Crippen molar-refractivity contribution in [3.05, 3.63) is 18.0 Å². The van der Waals surface area contributed by atoms with Crippen molar-refractivity contribution in [2.75, 3.05) is 13.2 Å². The second kappa shape index (κ2) is 5.61. The first-order valence-electron chi connectivity index (χ1n) is 5.59. The van der Waals surface area contributed by atoms with E-state index in [1.54, 1.807) is 11.8 Å². The van der Waals surface area contributed by atoms with Crippen molar-refractivity contribution in [2.45, 2.75) is 36.3 Å². The monoisotopic (exact) mass is 239 g/mol. The molecule has 1 aromatic heterocycles. The van der Waals surface area contributed by atoms with Crippen LogP contribution in [-0.4, -0.2) is 34.5 Å². The number of nitrogens with zero attached hydrogens (tertiary/aromatic N) is 2. The third-order valence-electron chi connectivity index (χ3n) is 2.68. The number of hydrogen-bond donors (Lipinski definition) is 1. The van der Waals surface area contributed by atoms with E-state index >= 15 is 0 Å². The van der Waals surface area contributed by atoms with Crippen molar-refractivity contribution in [1.29, 1.82) is 0 Å². The Hall–Kier alpha value is -0.650. The number of aromatic nitrogens is 2. The fourth-order valence-corrected chi connectivity index (χ4v) is 2.68. The summed E-state index contributed by atoms with van der Waals surface area (Å²) in [4.78, 5) is 8.67. The molecule has 2 N–H and O–H groups in total. The lowest BCUT2D eigenvalue weighted by Crippen LogP contribution is -2.13. The van der Waals surface area contributed by atoms with Crippen LogP contribution in [0, 0.1) is 0 Å². The topological polar surface area (TPSA) is 61.0 Å². The Kier molecular flexibility index (Phi) is 4.15. The van der Waals surface area contributed by atoms with Gasteiger partial charge in [-0.05, 0) is 31.9 Å². The predicted octanol–water partition coefficient (Wildman–Crippen LogP) is 1.25. The molecular formula is C11H17N3OS. The molecule has 2 heterocycles. The van der Waals surface area contributed by atoms with E-state index < -0.39 is 0 Å². The maximum atomic E-state index is 5.51. The average Bonchev–Trinajstić information content (AvgIpc) is 2.68. The summed E-state index contributed by atoms with van der Waals surface area (Å²) in [6.07, 6.45) is 5.95. The van der Waals surface area contributed by atoms with Gasteiger partial charge in [0.25, 0.3) is 0 Å². The number of thioether (sulfide) groups is 1. The van der Waals surface area contributed by atoms with E-state index in [0.717, 1.165) is 30.2 Å². The minimum atomic E-state index is 0.303. The van der Waals surface area contributed by atoms with Gasteiger partial charge < -0.3 is 10.5 Å². The highest BCUT2D eigenvalue weighted by atomic mass is 32.2. The molecule has 5 heteroatoms. The van der Waals surface area contributed by atoms with Crippen LogP contribution in [-0.2, 0) is 11.2 Å². The van der Waals surface area contributed by atoms with E-state index in [-0.39, 0.29) is 0 Å². The van der Waals surface area contributed by atoms with Crippen molar-refractivity contribution in [3.8, 4) is 0 Å². The molecular weight excluding hydrogens is 222 g/mol. The van der Waals surface area contributed by atoms with Crippen LogP contribution in [0.1, 0.15) is 18.9 Å². The molecule has 1 fully saturated rings. The minimum Gasteiger partial charge on any atom is -0.377 e. The van der Waals surface area contributed by atoms with Crippen molar-refractivity contribution in [1.82, 2.24) is 9.97 Å². The van der Waals surface area contributed by atoms with Crippen molar-refractivity contribution in [3.63, 3.8) is 0 Å². The lowest BCUT2D eigenvalue weighted by molar-refractivity contribution is 0.127. The highest BCUT2D eigenvalue weighted by molar-refractivity contribution is 7.99. The Morgan fingerprint density at radius 1 is 1.50 bits per heavy atom. The smallest absolute Gasteiger partial charge is 0.187 e. The zero-order valence-corrected chi connectivity index (χ0v) is 10.2. The summed E-state index contributed by atoms with van der Waals surface area (Å²) in [5.41, 5.74) is 6.57. The van der Waals surface area contributed by atoms with Crippen LogP contribution in [0.2, 0.25) is 0 Å². The molecule has 2 unspecified atom stereocenters. The minimum absolute atomic E-state index is 0.303. The van der Waals surface area contributed by atoms with Gasteiger partial charge in [0.15, 0.2) is 5.16 Å². The molecule has 1 aliphatic rings. The fourth-order valence-electron chi connectivity index (χ4n) is 1.70. The van der Waals surface area contributed by atoms with Gasteiger partial charge in [0.05, 0.1) is 6.10 Å². The third kappa shape index (κ3) is 2.93. The van der Waals surface area contributed by atoms with Crippen LogP contribution in [0.3, 0.4) is 0 Å². The zero-order valence-electron chi connectivity index (χ0n) is 9.43. The molecule has 1 aliphatic heterocycles. The predicted molar refractivity (Wildman–Crippen MR) is 64.5 cm³/mol. The zero-order chi connectivity index (χ0) is 11.4. The normalized spacial score (nSPS) is 24.9. The highest BCUT2D eigenvalue weighted by Gasteiger charge is 2.25. The first-order chi connectivity index (χ1) is 7.79. The van der Waals surface area contributed by atoms with E-state index in [4.69, 9.17) is 10.5 Å². The molecule has 4 nitrogen and oxygen atoms in total. The van der Waals surface area contributed by atoms with Crippen LogP contribution in [0.15, 0.2) is 17.6 Å². The molecule has 1 saturated heterocycles. The number of rotatable bonds is 4. The van der Waals surface area contributed by atoms with Crippen LogP contribution in [0.5, 0.6) is 0 Å². The van der Waals surface area contributed by atoms with Gasteiger partial charge >= 0.3 is 0 Å².